The van der Waals surface area contributed by atoms with Crippen LogP contribution in [0.1, 0.15) is 33.5 Å². The highest BCUT2D eigenvalue weighted by Gasteiger charge is 2.16. The Labute approximate surface area is 203 Å². The number of hydrogen-bond donors (Lipinski definition) is 2. The van der Waals surface area contributed by atoms with Gasteiger partial charge in [0.05, 0.1) is 30.5 Å². The molecule has 0 aliphatic heterocycles. The van der Waals surface area contributed by atoms with Gasteiger partial charge in [0, 0.05) is 16.7 Å². The standard InChI is InChI=1S/C22H22BrN5O4S/c1-3-28-18(12-24-20(30)16-9-4-5-10-17(16)23)26-27-22(28)33-13-19(29)25-15-8-6-7-14(11-15)21(31)32-2/h4-11H,3,12-13H2,1-2H3,(H,24,30)(H,25,29). The Bertz CT molecular complexity index is 1170. The molecule has 3 aromatic rings. The van der Waals surface area contributed by atoms with E-state index in [1.54, 1.807) is 42.5 Å². The lowest BCUT2D eigenvalue weighted by Gasteiger charge is -2.09. The fourth-order valence-corrected chi connectivity index (χ4v) is 4.23. The van der Waals surface area contributed by atoms with Crippen molar-refractivity contribution in [1.82, 2.24) is 20.1 Å². The van der Waals surface area contributed by atoms with Crippen LogP contribution >= 0.6 is 27.7 Å². The summed E-state index contributed by atoms with van der Waals surface area (Å²) in [5.74, 6) is -0.265. The molecule has 9 nitrogen and oxygen atoms in total. The van der Waals surface area contributed by atoms with Gasteiger partial charge in [0.1, 0.15) is 0 Å². The second-order valence-electron chi connectivity index (χ2n) is 6.71. The Hall–Kier alpha value is -3.18. The highest BCUT2D eigenvalue weighted by atomic mass is 79.9. The van der Waals surface area contributed by atoms with Gasteiger partial charge in [-0.25, -0.2) is 4.79 Å². The van der Waals surface area contributed by atoms with Gasteiger partial charge in [-0.1, -0.05) is 30.0 Å². The van der Waals surface area contributed by atoms with Crippen molar-refractivity contribution in [2.24, 2.45) is 0 Å². The monoisotopic (exact) mass is 531 g/mol. The first-order valence-corrected chi connectivity index (χ1v) is 11.8. The van der Waals surface area contributed by atoms with E-state index in [2.05, 4.69) is 36.8 Å². The van der Waals surface area contributed by atoms with Crippen molar-refractivity contribution in [3.63, 3.8) is 0 Å². The molecule has 1 aromatic heterocycles. The maximum absolute atomic E-state index is 12.4. The summed E-state index contributed by atoms with van der Waals surface area (Å²) in [6.45, 7) is 2.72. The van der Waals surface area contributed by atoms with E-state index < -0.39 is 5.97 Å². The second kappa shape index (κ2) is 11.6. The number of anilines is 1. The molecule has 0 saturated carbocycles. The van der Waals surface area contributed by atoms with Crippen molar-refractivity contribution in [2.45, 2.75) is 25.2 Å². The number of hydrogen-bond acceptors (Lipinski definition) is 7. The number of ether oxygens (including phenoxy) is 1. The van der Waals surface area contributed by atoms with Crippen LogP contribution in [0.3, 0.4) is 0 Å². The average Bonchev–Trinajstić information content (AvgIpc) is 3.22. The van der Waals surface area contributed by atoms with Gasteiger partial charge < -0.3 is 19.9 Å². The topological polar surface area (TPSA) is 115 Å². The van der Waals surface area contributed by atoms with Crippen molar-refractivity contribution in [2.75, 3.05) is 18.2 Å². The molecule has 0 spiro atoms. The van der Waals surface area contributed by atoms with E-state index in [4.69, 9.17) is 4.74 Å². The lowest BCUT2D eigenvalue weighted by molar-refractivity contribution is -0.113. The largest absolute Gasteiger partial charge is 0.465 e. The normalized spacial score (nSPS) is 10.5. The number of amides is 2. The van der Waals surface area contributed by atoms with Gasteiger partial charge in [0.15, 0.2) is 11.0 Å². The Morgan fingerprint density at radius 2 is 1.91 bits per heavy atom. The third kappa shape index (κ3) is 6.42. The predicted molar refractivity (Wildman–Crippen MR) is 128 cm³/mol. The van der Waals surface area contributed by atoms with Crippen LogP contribution in [0.2, 0.25) is 0 Å². The number of aromatic nitrogens is 3. The Kier molecular flexibility index (Phi) is 8.61. The van der Waals surface area contributed by atoms with Crippen LogP contribution in [-0.4, -0.2) is 45.4 Å². The lowest BCUT2D eigenvalue weighted by Crippen LogP contribution is -2.25. The summed E-state index contributed by atoms with van der Waals surface area (Å²) in [5.41, 5.74) is 1.38. The molecule has 2 aromatic carbocycles. The molecule has 11 heteroatoms. The molecule has 3 rings (SSSR count). The number of nitrogens with zero attached hydrogens (tertiary/aromatic N) is 3. The van der Waals surface area contributed by atoms with E-state index in [1.807, 2.05) is 17.6 Å². The molecule has 0 bridgehead atoms. The first-order valence-electron chi connectivity index (χ1n) is 9.98. The number of benzene rings is 2. The molecule has 2 amide bonds. The molecule has 0 saturated heterocycles. The first kappa shape index (κ1) is 24.5. The summed E-state index contributed by atoms with van der Waals surface area (Å²) in [6, 6.07) is 13.7. The number of thioether (sulfide) groups is 1. The number of esters is 1. The van der Waals surface area contributed by atoms with Crippen LogP contribution in [0.15, 0.2) is 58.2 Å². The third-order valence-electron chi connectivity index (χ3n) is 4.54. The minimum absolute atomic E-state index is 0.101. The van der Waals surface area contributed by atoms with E-state index >= 15 is 0 Å². The van der Waals surface area contributed by atoms with Crippen molar-refractivity contribution in [3.05, 3.63) is 70.0 Å². The molecule has 0 atom stereocenters. The smallest absolute Gasteiger partial charge is 0.337 e. The van der Waals surface area contributed by atoms with Crippen LogP contribution < -0.4 is 10.6 Å². The van der Waals surface area contributed by atoms with Crippen molar-refractivity contribution in [3.8, 4) is 0 Å². The quantitative estimate of drug-likeness (QED) is 0.320. The Morgan fingerprint density at radius 3 is 2.64 bits per heavy atom. The molecule has 1 heterocycles. The van der Waals surface area contributed by atoms with Gasteiger partial charge in [-0.3, -0.25) is 9.59 Å². The molecule has 33 heavy (non-hydrogen) atoms. The van der Waals surface area contributed by atoms with Gasteiger partial charge in [-0.15, -0.1) is 10.2 Å². The number of nitrogens with one attached hydrogen (secondary N) is 2. The zero-order valence-electron chi connectivity index (χ0n) is 18.0. The highest BCUT2D eigenvalue weighted by Crippen LogP contribution is 2.19. The van der Waals surface area contributed by atoms with Gasteiger partial charge in [0.25, 0.3) is 5.91 Å². The van der Waals surface area contributed by atoms with Gasteiger partial charge in [0.2, 0.25) is 5.91 Å². The summed E-state index contributed by atoms with van der Waals surface area (Å²) in [5, 5.41) is 14.5. The van der Waals surface area contributed by atoms with E-state index in [9.17, 15) is 14.4 Å². The molecular weight excluding hydrogens is 510 g/mol. The van der Waals surface area contributed by atoms with E-state index in [-0.39, 0.29) is 24.1 Å². The van der Waals surface area contributed by atoms with Crippen LogP contribution in [0.4, 0.5) is 5.69 Å². The summed E-state index contributed by atoms with van der Waals surface area (Å²) < 4.78 is 7.24. The fourth-order valence-electron chi connectivity index (χ4n) is 2.94. The zero-order chi connectivity index (χ0) is 23.8. The number of halogens is 1. The summed E-state index contributed by atoms with van der Waals surface area (Å²) in [7, 11) is 1.30. The van der Waals surface area contributed by atoms with Crippen molar-refractivity contribution >= 4 is 51.2 Å². The molecule has 0 fully saturated rings. The fraction of sp³-hybridized carbons (Fsp3) is 0.227. The van der Waals surface area contributed by atoms with Crippen LogP contribution in [0.25, 0.3) is 0 Å². The summed E-state index contributed by atoms with van der Waals surface area (Å²) in [6.07, 6.45) is 0. The van der Waals surface area contributed by atoms with E-state index in [0.717, 1.165) is 0 Å². The number of rotatable bonds is 9. The summed E-state index contributed by atoms with van der Waals surface area (Å²) in [4.78, 5) is 36.5. The number of carbonyl (C=O) groups excluding carboxylic acids is 3. The SMILES string of the molecule is CCn1c(CNC(=O)c2ccccc2Br)nnc1SCC(=O)Nc1cccc(C(=O)OC)c1. The van der Waals surface area contributed by atoms with Crippen LogP contribution in [0.5, 0.6) is 0 Å². The van der Waals surface area contributed by atoms with E-state index in [1.165, 1.54) is 18.9 Å². The van der Waals surface area contributed by atoms with Gasteiger partial charge >= 0.3 is 5.97 Å². The third-order valence-corrected chi connectivity index (χ3v) is 6.19. The van der Waals surface area contributed by atoms with Crippen LogP contribution in [0, 0.1) is 0 Å². The Morgan fingerprint density at radius 1 is 1.12 bits per heavy atom. The number of carbonyl (C=O) groups is 3. The van der Waals surface area contributed by atoms with Crippen LogP contribution in [-0.2, 0) is 22.6 Å². The molecule has 0 unspecified atom stereocenters. The first-order chi connectivity index (χ1) is 15.9. The van der Waals surface area contributed by atoms with Crippen molar-refractivity contribution < 1.29 is 19.1 Å². The summed E-state index contributed by atoms with van der Waals surface area (Å²) >= 11 is 4.60. The second-order valence-corrected chi connectivity index (χ2v) is 8.51. The molecule has 0 aliphatic rings. The maximum atomic E-state index is 12.4. The van der Waals surface area contributed by atoms with Gasteiger partial charge in [-0.05, 0) is 53.2 Å². The van der Waals surface area contributed by atoms with Crippen molar-refractivity contribution in [1.29, 1.82) is 0 Å². The van der Waals surface area contributed by atoms with Gasteiger partial charge in [-0.2, -0.15) is 0 Å². The molecule has 0 aliphatic carbocycles. The van der Waals surface area contributed by atoms with E-state index in [0.29, 0.717) is 38.8 Å². The minimum Gasteiger partial charge on any atom is -0.465 e. The molecule has 0 radical (unpaired) electrons. The molecular formula is C22H22BrN5O4S. The molecule has 2 N–H and O–H groups in total. The molecule has 172 valence electrons. The minimum atomic E-state index is -0.476. The lowest BCUT2D eigenvalue weighted by atomic mass is 10.2. The maximum Gasteiger partial charge on any atom is 0.337 e. The predicted octanol–water partition coefficient (Wildman–Crippen LogP) is 3.51. The Balaban J connectivity index is 1.58. The number of methoxy groups -OCH3 is 1. The highest BCUT2D eigenvalue weighted by molar-refractivity contribution is 9.10. The zero-order valence-corrected chi connectivity index (χ0v) is 20.4. The average molecular weight is 532 g/mol.